The van der Waals surface area contributed by atoms with Crippen molar-refractivity contribution in [2.24, 2.45) is 0 Å². The number of hydrogen-bond acceptors (Lipinski definition) is 5. The smallest absolute Gasteiger partial charge is 0.212 e. The van der Waals surface area contributed by atoms with Crippen molar-refractivity contribution in [2.75, 3.05) is 5.48 Å². The van der Waals surface area contributed by atoms with E-state index >= 15 is 0 Å². The minimum Gasteiger partial charge on any atom is -0.458 e. The van der Waals surface area contributed by atoms with Gasteiger partial charge in [-0.25, -0.2) is 4.98 Å². The van der Waals surface area contributed by atoms with Gasteiger partial charge in [0.25, 0.3) is 0 Å². The molecule has 6 nitrogen and oxygen atoms in total. The Bertz CT molecular complexity index is 715. The van der Waals surface area contributed by atoms with Gasteiger partial charge in [0.05, 0.1) is 11.2 Å². The first-order valence-electron chi connectivity index (χ1n) is 5.37. The highest BCUT2D eigenvalue weighted by molar-refractivity contribution is 5.82. The second-order valence-corrected chi connectivity index (χ2v) is 3.97. The molecule has 3 aromatic rings. The third-order valence-electron chi connectivity index (χ3n) is 2.72. The highest BCUT2D eigenvalue weighted by Crippen LogP contribution is 2.26. The van der Waals surface area contributed by atoms with Gasteiger partial charge in [-0.15, -0.1) is 0 Å². The number of hydrogen-bond donors (Lipinski definition) is 3. The molecule has 0 aliphatic carbocycles. The summed E-state index contributed by atoms with van der Waals surface area (Å²) >= 11 is 0. The van der Waals surface area contributed by atoms with Gasteiger partial charge in [-0.2, -0.15) is 4.73 Å². The van der Waals surface area contributed by atoms with Crippen molar-refractivity contribution in [2.45, 2.75) is 6.92 Å². The Hall–Kier alpha value is -2.47. The Morgan fingerprint density at radius 1 is 1.28 bits per heavy atom. The van der Waals surface area contributed by atoms with Gasteiger partial charge in [0.2, 0.25) is 5.82 Å². The zero-order chi connectivity index (χ0) is 12.7. The van der Waals surface area contributed by atoms with Crippen LogP contribution in [0.3, 0.4) is 0 Å². The van der Waals surface area contributed by atoms with Gasteiger partial charge >= 0.3 is 0 Å². The summed E-state index contributed by atoms with van der Waals surface area (Å²) in [5.41, 5.74) is 3.59. The molecule has 0 unspecified atom stereocenters. The molecule has 0 bridgehead atoms. The quantitative estimate of drug-likeness (QED) is 0.477. The van der Waals surface area contributed by atoms with E-state index in [0.717, 1.165) is 10.5 Å². The molecule has 3 rings (SSSR count). The van der Waals surface area contributed by atoms with Crippen molar-refractivity contribution < 1.29 is 14.8 Å². The highest BCUT2D eigenvalue weighted by Gasteiger charge is 2.15. The number of rotatable bonds is 2. The Morgan fingerprint density at radius 3 is 2.78 bits per heavy atom. The van der Waals surface area contributed by atoms with E-state index in [1.54, 1.807) is 30.3 Å². The summed E-state index contributed by atoms with van der Waals surface area (Å²) in [6.45, 7) is 1.82. The lowest BCUT2D eigenvalue weighted by Crippen LogP contribution is -1.94. The van der Waals surface area contributed by atoms with Crippen LogP contribution in [0, 0.1) is 6.92 Å². The lowest BCUT2D eigenvalue weighted by molar-refractivity contribution is 0.201. The molecule has 0 amide bonds. The molecule has 0 radical (unpaired) electrons. The summed E-state index contributed by atoms with van der Waals surface area (Å²) < 4.78 is 6.37. The molecule has 2 aromatic heterocycles. The number of furan rings is 1. The summed E-state index contributed by atoms with van der Waals surface area (Å²) in [4.78, 5) is 4.28. The Labute approximate surface area is 102 Å². The Morgan fingerprint density at radius 2 is 2.11 bits per heavy atom. The van der Waals surface area contributed by atoms with E-state index in [9.17, 15) is 5.21 Å². The molecule has 0 saturated carbocycles. The monoisotopic (exact) mass is 245 g/mol. The van der Waals surface area contributed by atoms with Crippen molar-refractivity contribution >= 4 is 16.7 Å². The lowest BCUT2D eigenvalue weighted by Gasteiger charge is -1.99. The van der Waals surface area contributed by atoms with Gasteiger partial charge in [-0.3, -0.25) is 10.7 Å². The second kappa shape index (κ2) is 3.78. The number of nitrogens with one attached hydrogen (secondary N) is 1. The fourth-order valence-electron chi connectivity index (χ4n) is 1.85. The molecule has 92 valence electrons. The molecule has 18 heavy (non-hydrogen) atoms. The van der Waals surface area contributed by atoms with Crippen molar-refractivity contribution in [1.82, 2.24) is 9.71 Å². The molecule has 3 N–H and O–H groups in total. The Kier molecular flexibility index (Phi) is 2.24. The van der Waals surface area contributed by atoms with Gasteiger partial charge in [-0.05, 0) is 37.3 Å². The van der Waals surface area contributed by atoms with Crippen molar-refractivity contribution in [3.63, 3.8) is 0 Å². The normalized spacial score (nSPS) is 11.0. The topological polar surface area (TPSA) is 83.5 Å². The van der Waals surface area contributed by atoms with Gasteiger partial charge in [0, 0.05) is 0 Å². The number of aromatic nitrogens is 2. The average molecular weight is 245 g/mol. The molecule has 0 spiro atoms. The van der Waals surface area contributed by atoms with Crippen LogP contribution in [0.2, 0.25) is 0 Å². The maximum atomic E-state index is 10.1. The Balaban J connectivity index is 2.22. The number of nitrogens with zero attached hydrogens (tertiary/aromatic N) is 2. The SMILES string of the molecule is Cc1ccc(-c2nc3ccc(NO)cc3n2O)o1. The van der Waals surface area contributed by atoms with E-state index in [1.165, 1.54) is 0 Å². The molecule has 0 aliphatic heterocycles. The lowest BCUT2D eigenvalue weighted by atomic mass is 10.3. The van der Waals surface area contributed by atoms with Crippen LogP contribution in [0.4, 0.5) is 5.69 Å². The fourth-order valence-corrected chi connectivity index (χ4v) is 1.85. The summed E-state index contributed by atoms with van der Waals surface area (Å²) in [6.07, 6.45) is 0. The first kappa shape index (κ1) is 10.7. The molecule has 0 saturated heterocycles. The molecule has 1 aromatic carbocycles. The maximum absolute atomic E-state index is 10.1. The van der Waals surface area contributed by atoms with Crippen LogP contribution in [-0.4, -0.2) is 20.1 Å². The predicted molar refractivity (Wildman–Crippen MR) is 64.8 cm³/mol. The van der Waals surface area contributed by atoms with E-state index in [1.807, 2.05) is 12.4 Å². The third kappa shape index (κ3) is 1.51. The summed E-state index contributed by atoms with van der Waals surface area (Å²) in [5, 5.41) is 18.9. The number of benzene rings is 1. The third-order valence-corrected chi connectivity index (χ3v) is 2.72. The fraction of sp³-hybridized carbons (Fsp3) is 0.0833. The van der Waals surface area contributed by atoms with Gasteiger partial charge in [0.1, 0.15) is 11.3 Å². The second-order valence-electron chi connectivity index (χ2n) is 3.97. The van der Waals surface area contributed by atoms with E-state index in [-0.39, 0.29) is 0 Å². The zero-order valence-electron chi connectivity index (χ0n) is 9.58. The van der Waals surface area contributed by atoms with Gasteiger partial charge in [0.15, 0.2) is 5.76 Å². The first-order valence-corrected chi connectivity index (χ1v) is 5.37. The van der Waals surface area contributed by atoms with Crippen LogP contribution in [-0.2, 0) is 0 Å². The van der Waals surface area contributed by atoms with Crippen LogP contribution < -0.4 is 5.48 Å². The number of aryl methyl sites for hydroxylation is 1. The van der Waals surface area contributed by atoms with Gasteiger partial charge < -0.3 is 9.62 Å². The van der Waals surface area contributed by atoms with Crippen molar-refractivity contribution in [3.05, 3.63) is 36.1 Å². The maximum Gasteiger partial charge on any atom is 0.212 e. The predicted octanol–water partition coefficient (Wildman–Crippen LogP) is 2.64. The first-order chi connectivity index (χ1) is 8.69. The molecule has 0 aliphatic rings. The van der Waals surface area contributed by atoms with Gasteiger partial charge in [-0.1, -0.05) is 0 Å². The van der Waals surface area contributed by atoms with Crippen LogP contribution in [0.5, 0.6) is 0 Å². The average Bonchev–Trinajstić information content (AvgIpc) is 2.94. The van der Waals surface area contributed by atoms with E-state index in [0.29, 0.717) is 28.3 Å². The minimum absolute atomic E-state index is 0.327. The molecule has 0 fully saturated rings. The number of anilines is 1. The molecular weight excluding hydrogens is 234 g/mol. The van der Waals surface area contributed by atoms with Crippen LogP contribution in [0.25, 0.3) is 22.6 Å². The summed E-state index contributed by atoms with van der Waals surface area (Å²) in [5.74, 6) is 1.56. The van der Waals surface area contributed by atoms with Crippen LogP contribution in [0.1, 0.15) is 5.76 Å². The van der Waals surface area contributed by atoms with Crippen LogP contribution in [0.15, 0.2) is 34.7 Å². The molecule has 2 heterocycles. The molecular formula is C12H11N3O3. The molecule has 0 atom stereocenters. The van der Waals surface area contributed by atoms with Crippen LogP contribution >= 0.6 is 0 Å². The summed E-state index contributed by atoms with van der Waals surface area (Å²) in [6, 6.07) is 8.48. The van der Waals surface area contributed by atoms with E-state index in [2.05, 4.69) is 4.98 Å². The largest absolute Gasteiger partial charge is 0.458 e. The standard InChI is InChI=1S/C12H11N3O3/c1-7-2-5-11(18-7)12-13-9-4-3-8(14-16)6-10(9)15(12)17/h2-6,14,16-17H,1H3. The number of imidazole rings is 1. The zero-order valence-corrected chi connectivity index (χ0v) is 9.58. The minimum atomic E-state index is 0.327. The number of fused-ring (bicyclic) bond motifs is 1. The molecule has 6 heteroatoms. The van der Waals surface area contributed by atoms with Crippen molar-refractivity contribution in [3.8, 4) is 11.6 Å². The highest BCUT2D eigenvalue weighted by atomic mass is 16.5. The van der Waals surface area contributed by atoms with E-state index in [4.69, 9.17) is 9.62 Å². The van der Waals surface area contributed by atoms with E-state index < -0.39 is 0 Å². The van der Waals surface area contributed by atoms with Crippen molar-refractivity contribution in [1.29, 1.82) is 0 Å². The summed E-state index contributed by atoms with van der Waals surface area (Å²) in [7, 11) is 0.